The van der Waals surface area contributed by atoms with Gasteiger partial charge in [-0.3, -0.25) is 0 Å². The standard InChI is InChI=1S/C56H38N2S2/c1-7-19-39(20-8-1)49(40-21-9-2-10-22-40)51(43-27-15-5-16-28-43)45-31-35-47(36-32-45)55-53-54(58-60-57-53)56(59-55)48-37-33-46(34-38-48)52(44-29-17-6-18-30-44)50(41-23-11-3-12-24-41)42-25-13-4-14-26-42/h1-38H. The average molecular weight is 803 g/mol. The highest BCUT2D eigenvalue weighted by Crippen LogP contribution is 2.54. The molecule has 0 fully saturated rings. The summed E-state index contributed by atoms with van der Waals surface area (Å²) in [6.07, 6.45) is 0. The largest absolute Gasteiger partial charge is 0.171 e. The van der Waals surface area contributed by atoms with Crippen LogP contribution in [-0.4, -0.2) is 0 Å². The van der Waals surface area contributed by atoms with E-state index < -0.39 is 0 Å². The zero-order valence-corrected chi connectivity index (χ0v) is 34.3. The molecule has 4 heteroatoms. The Morgan fingerprint density at radius 2 is 0.467 bits per heavy atom. The van der Waals surface area contributed by atoms with E-state index in [2.05, 4.69) is 231 Å². The molecule has 0 radical (unpaired) electrons. The first-order chi connectivity index (χ1) is 29.8. The van der Waals surface area contributed by atoms with Crippen LogP contribution in [0.25, 0.3) is 43.2 Å². The van der Waals surface area contributed by atoms with Crippen LogP contribution in [0.4, 0.5) is 11.4 Å². The van der Waals surface area contributed by atoms with E-state index in [9.17, 15) is 0 Å². The summed E-state index contributed by atoms with van der Waals surface area (Å²) in [4.78, 5) is 2.25. The van der Waals surface area contributed by atoms with Crippen LogP contribution < -0.4 is 0 Å². The first-order valence-corrected chi connectivity index (χ1v) is 21.6. The summed E-state index contributed by atoms with van der Waals surface area (Å²) < 4.78 is 9.71. The van der Waals surface area contributed by atoms with E-state index in [0.29, 0.717) is 0 Å². The van der Waals surface area contributed by atoms with Crippen LogP contribution in [0.2, 0.25) is 0 Å². The lowest BCUT2D eigenvalue weighted by Gasteiger charge is -2.18. The Hall–Kier alpha value is -7.24. The lowest BCUT2D eigenvalue weighted by molar-refractivity contribution is 1.50. The molecule has 9 aromatic rings. The van der Waals surface area contributed by atoms with Crippen molar-refractivity contribution in [1.82, 2.24) is 0 Å². The monoisotopic (exact) mass is 802 g/mol. The number of benzene rings is 8. The molecule has 60 heavy (non-hydrogen) atoms. The quantitative estimate of drug-likeness (QED) is 0.123. The van der Waals surface area contributed by atoms with Gasteiger partial charge >= 0.3 is 0 Å². The van der Waals surface area contributed by atoms with Crippen molar-refractivity contribution in [3.05, 3.63) is 275 Å². The highest BCUT2D eigenvalue weighted by atomic mass is 32.1. The first kappa shape index (κ1) is 37.1. The summed E-state index contributed by atoms with van der Waals surface area (Å²) in [5.41, 5.74) is 18.3. The second kappa shape index (κ2) is 16.9. The van der Waals surface area contributed by atoms with Gasteiger partial charge in [0.1, 0.15) is 11.4 Å². The van der Waals surface area contributed by atoms with E-state index in [1.807, 2.05) is 0 Å². The van der Waals surface area contributed by atoms with E-state index in [1.54, 1.807) is 11.3 Å². The number of fused-ring (bicyclic) bond motifs is 1. The number of thiophene rings is 1. The molecule has 1 aromatic heterocycles. The maximum absolute atomic E-state index is 4.85. The second-order valence-electron chi connectivity index (χ2n) is 14.6. The molecule has 0 aliphatic carbocycles. The van der Waals surface area contributed by atoms with Gasteiger partial charge in [0.25, 0.3) is 0 Å². The molecule has 284 valence electrons. The molecule has 0 saturated heterocycles. The average Bonchev–Trinajstić information content (AvgIpc) is 3.96. The van der Waals surface area contributed by atoms with E-state index in [-0.39, 0.29) is 0 Å². The Morgan fingerprint density at radius 3 is 0.700 bits per heavy atom. The van der Waals surface area contributed by atoms with Crippen molar-refractivity contribution in [3.63, 3.8) is 0 Å². The minimum absolute atomic E-state index is 0.949. The topological polar surface area (TPSA) is 24.7 Å². The number of hydrogen-bond donors (Lipinski definition) is 0. The fourth-order valence-electron chi connectivity index (χ4n) is 8.10. The van der Waals surface area contributed by atoms with E-state index in [1.165, 1.54) is 67.0 Å². The Labute approximate surface area is 359 Å². The summed E-state index contributed by atoms with van der Waals surface area (Å²) in [7, 11) is 0. The van der Waals surface area contributed by atoms with Gasteiger partial charge in [-0.05, 0) is 77.9 Å². The van der Waals surface area contributed by atoms with Gasteiger partial charge in [0.15, 0.2) is 0 Å². The Balaban J connectivity index is 1.06. The van der Waals surface area contributed by atoms with Crippen LogP contribution in [-0.2, 0) is 11.4 Å². The van der Waals surface area contributed by atoms with Crippen molar-refractivity contribution in [2.24, 2.45) is 8.73 Å². The summed E-state index contributed by atoms with van der Waals surface area (Å²) >= 11 is 3.04. The third-order valence-corrected chi connectivity index (χ3v) is 12.7. The molecule has 1 aliphatic heterocycles. The molecule has 0 saturated carbocycles. The van der Waals surface area contributed by atoms with Gasteiger partial charge < -0.3 is 0 Å². The number of nitrogens with zero attached hydrogens (tertiary/aromatic N) is 2. The number of rotatable bonds is 10. The molecule has 2 heterocycles. The minimum atomic E-state index is 0.949. The van der Waals surface area contributed by atoms with Crippen LogP contribution >= 0.6 is 11.3 Å². The summed E-state index contributed by atoms with van der Waals surface area (Å²) in [6, 6.07) is 82.4. The molecule has 0 atom stereocenters. The van der Waals surface area contributed by atoms with Crippen LogP contribution in [0.15, 0.2) is 239 Å². The molecule has 8 aromatic carbocycles. The SMILES string of the molecule is c1ccc(C(=C(c2ccccc2)c2ccc(-c3sc(-c4ccc(C(=C(c5ccccc5)c5ccccc5)c5ccccc5)cc4)c4c3N=S=N4)cc2)c2ccccc2)cc1. The van der Waals surface area contributed by atoms with Crippen molar-refractivity contribution in [2.75, 3.05) is 0 Å². The van der Waals surface area contributed by atoms with E-state index in [4.69, 9.17) is 8.73 Å². The Kier molecular flexibility index (Phi) is 10.5. The van der Waals surface area contributed by atoms with Crippen molar-refractivity contribution in [3.8, 4) is 20.9 Å². The summed E-state index contributed by atoms with van der Waals surface area (Å²) in [5, 5.41) is 0. The van der Waals surface area contributed by atoms with Crippen LogP contribution in [0, 0.1) is 0 Å². The maximum atomic E-state index is 4.85. The maximum Gasteiger partial charge on any atom is 0.124 e. The summed E-state index contributed by atoms with van der Waals surface area (Å²) in [6.45, 7) is 0. The zero-order chi connectivity index (χ0) is 40.1. The Morgan fingerprint density at radius 1 is 0.250 bits per heavy atom. The van der Waals surface area contributed by atoms with Crippen LogP contribution in [0.3, 0.4) is 0 Å². The van der Waals surface area contributed by atoms with Crippen molar-refractivity contribution < 1.29 is 0 Å². The molecule has 10 rings (SSSR count). The normalized spacial score (nSPS) is 11.4. The van der Waals surface area contributed by atoms with Crippen molar-refractivity contribution >= 4 is 56.4 Å². The highest BCUT2D eigenvalue weighted by Gasteiger charge is 2.24. The third kappa shape index (κ3) is 7.35. The van der Waals surface area contributed by atoms with Gasteiger partial charge in [0.2, 0.25) is 0 Å². The molecule has 2 nitrogen and oxygen atoms in total. The molecule has 0 unspecified atom stereocenters. The third-order valence-electron chi connectivity index (χ3n) is 10.9. The van der Waals surface area contributed by atoms with Crippen molar-refractivity contribution in [2.45, 2.75) is 0 Å². The molecule has 0 N–H and O–H groups in total. The fourth-order valence-corrected chi connectivity index (χ4v) is 9.97. The van der Waals surface area contributed by atoms with Crippen LogP contribution in [0.1, 0.15) is 44.5 Å². The predicted molar refractivity (Wildman–Crippen MR) is 255 cm³/mol. The summed E-state index contributed by atoms with van der Waals surface area (Å²) in [5.74, 6) is 0. The van der Waals surface area contributed by atoms with Crippen LogP contribution in [0.5, 0.6) is 0 Å². The van der Waals surface area contributed by atoms with Gasteiger partial charge in [-0.15, -0.1) is 11.3 Å². The Bertz CT molecular complexity index is 2750. The molecular weight excluding hydrogens is 765 g/mol. The van der Waals surface area contributed by atoms with Crippen molar-refractivity contribution in [1.29, 1.82) is 0 Å². The fraction of sp³-hybridized carbons (Fsp3) is 0. The molecule has 0 bridgehead atoms. The van der Waals surface area contributed by atoms with E-state index >= 15 is 0 Å². The van der Waals surface area contributed by atoms with Gasteiger partial charge in [0, 0.05) is 0 Å². The lowest BCUT2D eigenvalue weighted by Crippen LogP contribution is -1.97. The van der Waals surface area contributed by atoms with E-state index in [0.717, 1.165) is 43.4 Å². The highest BCUT2D eigenvalue weighted by molar-refractivity contribution is 7.58. The molecule has 0 spiro atoms. The van der Waals surface area contributed by atoms with Gasteiger partial charge in [-0.1, -0.05) is 231 Å². The lowest BCUT2D eigenvalue weighted by atomic mass is 9.85. The van der Waals surface area contributed by atoms with Gasteiger partial charge in [0.05, 0.1) is 21.1 Å². The zero-order valence-electron chi connectivity index (χ0n) is 32.7. The molecule has 1 aliphatic rings. The second-order valence-corrected chi connectivity index (χ2v) is 16.1. The molecule has 0 amide bonds. The van der Waals surface area contributed by atoms with Gasteiger partial charge in [-0.2, -0.15) is 8.73 Å². The smallest absolute Gasteiger partial charge is 0.124 e. The number of hydrogen-bond acceptors (Lipinski definition) is 3. The predicted octanol–water partition coefficient (Wildman–Crippen LogP) is 15.8. The van der Waals surface area contributed by atoms with Gasteiger partial charge in [-0.25, -0.2) is 0 Å². The first-order valence-electron chi connectivity index (χ1n) is 20.1. The molecular formula is C56H38N2S2. The minimum Gasteiger partial charge on any atom is -0.171 e.